The maximum Gasteiger partial charge on any atom is 0.161 e. The molecule has 1 aliphatic rings. The average molecular weight is 322 g/mol. The summed E-state index contributed by atoms with van der Waals surface area (Å²) in [5, 5.41) is 0. The van der Waals surface area contributed by atoms with Crippen molar-refractivity contribution in [1.82, 2.24) is 0 Å². The van der Waals surface area contributed by atoms with Crippen LogP contribution in [0.3, 0.4) is 0 Å². The number of hydrogen-bond donors (Lipinski definition) is 2. The second kappa shape index (κ2) is 8.89. The highest BCUT2D eigenvalue weighted by Crippen LogP contribution is 2.28. The van der Waals surface area contributed by atoms with Crippen LogP contribution in [0.2, 0.25) is 0 Å². The normalized spacial score (nSPS) is 21.0. The molecule has 0 unspecified atom stereocenters. The number of methoxy groups -OCH3 is 1. The summed E-state index contributed by atoms with van der Waals surface area (Å²) >= 11 is 0. The van der Waals surface area contributed by atoms with Gasteiger partial charge in [0.2, 0.25) is 0 Å². The van der Waals surface area contributed by atoms with Gasteiger partial charge in [-0.25, -0.2) is 0 Å². The zero-order valence-corrected chi connectivity index (χ0v) is 14.6. The smallest absolute Gasteiger partial charge is 0.161 e. The first kappa shape index (κ1) is 17.8. The lowest BCUT2D eigenvalue weighted by Gasteiger charge is -2.27. The van der Waals surface area contributed by atoms with Crippen LogP contribution in [0.25, 0.3) is 0 Å². The number of hydrogen-bond acceptors (Lipinski definition) is 3. The monoisotopic (exact) mass is 322 g/mol. The summed E-state index contributed by atoms with van der Waals surface area (Å²) in [5.41, 5.74) is 0.648. The Hall–Kier alpha value is -1.59. The summed E-state index contributed by atoms with van der Waals surface area (Å²) in [4.78, 5) is 14.8. The van der Waals surface area contributed by atoms with Gasteiger partial charge in [-0.3, -0.25) is 4.79 Å². The summed E-state index contributed by atoms with van der Waals surface area (Å²) in [6, 6.07) is 5.36. The largest absolute Gasteiger partial charge is 0.493 e. The van der Waals surface area contributed by atoms with Crippen LogP contribution in [0.4, 0.5) is 0 Å². The molecule has 0 aliphatic carbocycles. The van der Waals surface area contributed by atoms with E-state index in [0.29, 0.717) is 23.7 Å². The fourth-order valence-corrected chi connectivity index (χ4v) is 2.95. The molecule has 0 aromatic heterocycles. The number of likely N-dealkylation sites (N-methyl/N-ethyl adjacent to an activating group) is 1. The van der Waals surface area contributed by atoms with Gasteiger partial charge < -0.3 is 19.3 Å². The zero-order chi connectivity index (χ0) is 16.7. The zero-order valence-electron chi connectivity index (χ0n) is 14.6. The Bertz CT molecular complexity index is 511. The van der Waals surface area contributed by atoms with E-state index in [1.165, 1.54) is 39.1 Å². The molecule has 1 heterocycles. The number of ether oxygens (including phenoxy) is 2. The molecule has 2 rings (SSSR count). The molecular weight excluding hydrogens is 292 g/mol. The van der Waals surface area contributed by atoms with Crippen LogP contribution in [0.15, 0.2) is 18.2 Å². The summed E-state index contributed by atoms with van der Waals surface area (Å²) in [6.07, 6.45) is 2.23. The van der Waals surface area contributed by atoms with E-state index in [0.717, 1.165) is 6.42 Å². The number of piperazine rings is 1. The van der Waals surface area contributed by atoms with Gasteiger partial charge in [0.1, 0.15) is 26.2 Å². The minimum atomic E-state index is 0.0341. The topological polar surface area (TPSA) is 44.4 Å². The molecule has 1 aromatic carbocycles. The lowest BCUT2D eigenvalue weighted by molar-refractivity contribution is -1.00. The Morgan fingerprint density at radius 2 is 1.87 bits per heavy atom. The van der Waals surface area contributed by atoms with Crippen LogP contribution in [-0.4, -0.2) is 59.3 Å². The molecule has 5 nitrogen and oxygen atoms in total. The number of unbranched alkanes of at least 4 members (excludes halogenated alkanes) is 1. The summed E-state index contributed by atoms with van der Waals surface area (Å²) < 4.78 is 11.1. The van der Waals surface area contributed by atoms with Gasteiger partial charge in [0.15, 0.2) is 17.3 Å². The Balaban J connectivity index is 1.70. The summed E-state index contributed by atoms with van der Waals surface area (Å²) in [7, 11) is 3.88. The molecule has 0 bridgehead atoms. The van der Waals surface area contributed by atoms with Crippen molar-refractivity contribution in [1.29, 1.82) is 0 Å². The van der Waals surface area contributed by atoms with Crippen LogP contribution in [0, 0.1) is 0 Å². The number of Topliss-reactive ketones (excluding diaryl/α,β-unsaturated/α-hetero) is 1. The molecule has 23 heavy (non-hydrogen) atoms. The van der Waals surface area contributed by atoms with E-state index < -0.39 is 0 Å². The summed E-state index contributed by atoms with van der Waals surface area (Å²) in [6.45, 7) is 8.61. The number of benzene rings is 1. The van der Waals surface area contributed by atoms with Gasteiger partial charge in [0.05, 0.1) is 27.3 Å². The Kier molecular flexibility index (Phi) is 6.86. The molecule has 0 spiro atoms. The Morgan fingerprint density at radius 3 is 2.52 bits per heavy atom. The number of nitrogens with one attached hydrogen (secondary N) is 2. The van der Waals surface area contributed by atoms with E-state index in [1.54, 1.807) is 36.0 Å². The summed E-state index contributed by atoms with van der Waals surface area (Å²) in [5.74, 6) is 1.38. The quantitative estimate of drug-likeness (QED) is 0.500. The van der Waals surface area contributed by atoms with Crippen molar-refractivity contribution < 1.29 is 24.1 Å². The van der Waals surface area contributed by atoms with Gasteiger partial charge in [-0.05, 0) is 38.0 Å². The lowest BCUT2D eigenvalue weighted by Crippen LogP contribution is -3.27. The van der Waals surface area contributed by atoms with Crippen LogP contribution >= 0.6 is 0 Å². The highest BCUT2D eigenvalue weighted by molar-refractivity contribution is 5.94. The molecule has 2 N–H and O–H groups in total. The Morgan fingerprint density at radius 1 is 1.13 bits per heavy atom. The molecule has 0 atom stereocenters. The van der Waals surface area contributed by atoms with Gasteiger partial charge >= 0.3 is 0 Å². The highest BCUT2D eigenvalue weighted by Gasteiger charge is 2.18. The number of quaternary nitrogens is 2. The van der Waals surface area contributed by atoms with Crippen LogP contribution < -0.4 is 19.3 Å². The third-order valence-electron chi connectivity index (χ3n) is 4.56. The van der Waals surface area contributed by atoms with Gasteiger partial charge in [-0.2, -0.15) is 0 Å². The molecule has 1 aliphatic heterocycles. The molecule has 0 radical (unpaired) electrons. The van der Waals surface area contributed by atoms with E-state index in [-0.39, 0.29) is 5.78 Å². The molecule has 0 amide bonds. The molecule has 1 fully saturated rings. The highest BCUT2D eigenvalue weighted by atomic mass is 16.5. The van der Waals surface area contributed by atoms with Gasteiger partial charge in [0, 0.05) is 5.56 Å². The minimum Gasteiger partial charge on any atom is -0.493 e. The number of carbonyl (C=O) groups is 1. The van der Waals surface area contributed by atoms with Crippen LogP contribution in [0.5, 0.6) is 11.5 Å². The van der Waals surface area contributed by atoms with E-state index in [4.69, 9.17) is 9.47 Å². The Labute approximate surface area is 139 Å². The first-order valence-corrected chi connectivity index (χ1v) is 8.57. The molecule has 0 saturated carbocycles. The fraction of sp³-hybridized carbons (Fsp3) is 0.611. The van der Waals surface area contributed by atoms with Crippen molar-refractivity contribution in [2.45, 2.75) is 19.8 Å². The van der Waals surface area contributed by atoms with E-state index in [9.17, 15) is 4.79 Å². The number of rotatable bonds is 8. The van der Waals surface area contributed by atoms with Crippen LogP contribution in [0.1, 0.15) is 30.1 Å². The first-order chi connectivity index (χ1) is 11.1. The van der Waals surface area contributed by atoms with Crippen molar-refractivity contribution in [3.63, 3.8) is 0 Å². The van der Waals surface area contributed by atoms with Crippen LogP contribution in [-0.2, 0) is 0 Å². The van der Waals surface area contributed by atoms with Crippen molar-refractivity contribution in [2.75, 3.05) is 53.5 Å². The van der Waals surface area contributed by atoms with Gasteiger partial charge in [-0.1, -0.05) is 0 Å². The fourth-order valence-electron chi connectivity index (χ4n) is 2.95. The first-order valence-electron chi connectivity index (χ1n) is 8.57. The maximum absolute atomic E-state index is 11.4. The number of carbonyl (C=O) groups excluding carboxylic acids is 1. The van der Waals surface area contributed by atoms with Gasteiger partial charge in [-0.15, -0.1) is 0 Å². The maximum atomic E-state index is 11.4. The molecule has 1 aromatic rings. The number of ketones is 1. The SMILES string of the molecule is COc1cc(C(C)=O)ccc1OCCCC[NH+]1CC[NH+](C)CC1. The molecule has 128 valence electrons. The third-order valence-corrected chi connectivity index (χ3v) is 4.56. The second-order valence-corrected chi connectivity index (χ2v) is 6.43. The molecule has 1 saturated heterocycles. The van der Waals surface area contributed by atoms with Crippen molar-refractivity contribution >= 4 is 5.78 Å². The predicted molar refractivity (Wildman–Crippen MR) is 89.9 cm³/mol. The molecule has 5 heteroatoms. The molecular formula is C18H30N2O3+2. The second-order valence-electron chi connectivity index (χ2n) is 6.43. The van der Waals surface area contributed by atoms with Crippen molar-refractivity contribution in [3.05, 3.63) is 23.8 Å². The predicted octanol–water partition coefficient (Wildman–Crippen LogP) is -0.530. The van der Waals surface area contributed by atoms with Gasteiger partial charge in [0.25, 0.3) is 0 Å². The van der Waals surface area contributed by atoms with E-state index >= 15 is 0 Å². The van der Waals surface area contributed by atoms with E-state index in [1.807, 2.05) is 6.07 Å². The average Bonchev–Trinajstić information content (AvgIpc) is 2.56. The lowest BCUT2D eigenvalue weighted by atomic mass is 10.1. The van der Waals surface area contributed by atoms with Crippen molar-refractivity contribution in [2.24, 2.45) is 0 Å². The third kappa shape index (κ3) is 5.52. The standard InChI is InChI=1S/C18H28N2O3/c1-15(21)16-6-7-17(18(14-16)22-3)23-13-5-4-8-20-11-9-19(2)10-12-20/h6-7,14H,4-5,8-13H2,1-3H3/p+2. The van der Waals surface area contributed by atoms with E-state index in [2.05, 4.69) is 7.05 Å². The van der Waals surface area contributed by atoms with Crippen molar-refractivity contribution in [3.8, 4) is 11.5 Å². The minimum absolute atomic E-state index is 0.0341.